The Morgan fingerprint density at radius 2 is 1.86 bits per heavy atom. The number of carbonyl (C=O) groups excluding carboxylic acids is 3. The van der Waals surface area contributed by atoms with Crippen LogP contribution in [-0.4, -0.2) is 31.7 Å². The van der Waals surface area contributed by atoms with Gasteiger partial charge in [0, 0.05) is 18.7 Å². The molecule has 0 aliphatic heterocycles. The van der Waals surface area contributed by atoms with E-state index in [1.165, 1.54) is 4.90 Å². The molecule has 0 aliphatic rings. The molecule has 0 atom stereocenters. The van der Waals surface area contributed by atoms with E-state index in [9.17, 15) is 14.4 Å². The van der Waals surface area contributed by atoms with Gasteiger partial charge in [0.15, 0.2) is 0 Å². The molecule has 6 nitrogen and oxygen atoms in total. The predicted molar refractivity (Wildman–Crippen MR) is 76.7 cm³/mol. The molecule has 6 heteroatoms. The van der Waals surface area contributed by atoms with Crippen LogP contribution < -0.4 is 4.90 Å². The molecule has 0 radical (unpaired) electrons. The van der Waals surface area contributed by atoms with Crippen LogP contribution >= 0.6 is 0 Å². The van der Waals surface area contributed by atoms with Crippen LogP contribution in [0.5, 0.6) is 0 Å². The van der Waals surface area contributed by atoms with Crippen molar-refractivity contribution in [3.05, 3.63) is 43.0 Å². The Labute approximate surface area is 122 Å². The molecule has 112 valence electrons. The average Bonchev–Trinajstić information content (AvgIpc) is 2.51. The van der Waals surface area contributed by atoms with Gasteiger partial charge in [0.05, 0.1) is 13.5 Å². The molecular formula is C15H17NO5. The molecule has 0 spiro atoms. The number of para-hydroxylation sites is 1. The quantitative estimate of drug-likeness (QED) is 0.457. The maximum Gasteiger partial charge on any atom is 0.515 e. The third kappa shape index (κ3) is 5.48. The van der Waals surface area contributed by atoms with Gasteiger partial charge >= 0.3 is 12.1 Å². The maximum absolute atomic E-state index is 12.1. The molecule has 0 bridgehead atoms. The minimum atomic E-state index is -1.08. The van der Waals surface area contributed by atoms with Crippen molar-refractivity contribution in [3.63, 3.8) is 0 Å². The van der Waals surface area contributed by atoms with E-state index in [1.54, 1.807) is 18.2 Å². The fourth-order valence-corrected chi connectivity index (χ4v) is 1.62. The van der Waals surface area contributed by atoms with Crippen LogP contribution in [0.4, 0.5) is 10.5 Å². The van der Waals surface area contributed by atoms with Crippen LogP contribution in [0.15, 0.2) is 43.0 Å². The number of hydrogen-bond acceptors (Lipinski definition) is 5. The van der Waals surface area contributed by atoms with Crippen molar-refractivity contribution in [2.24, 2.45) is 0 Å². The molecule has 1 aromatic rings. The summed E-state index contributed by atoms with van der Waals surface area (Å²) < 4.78 is 8.50. The first-order valence-electron chi connectivity index (χ1n) is 6.33. The number of rotatable bonds is 6. The summed E-state index contributed by atoms with van der Waals surface area (Å²) in [5.41, 5.74) is 0.712. The number of methoxy groups -OCH3 is 1. The second-order valence-corrected chi connectivity index (χ2v) is 4.06. The van der Waals surface area contributed by atoms with Gasteiger partial charge in [0.2, 0.25) is 5.91 Å². The summed E-state index contributed by atoms with van der Waals surface area (Å²) >= 11 is 0. The first kappa shape index (κ1) is 16.4. The van der Waals surface area contributed by atoms with Crippen molar-refractivity contribution in [3.8, 4) is 0 Å². The van der Waals surface area contributed by atoms with E-state index in [-0.39, 0.29) is 18.7 Å². The second-order valence-electron chi connectivity index (χ2n) is 4.06. The summed E-state index contributed by atoms with van der Waals surface area (Å²) in [6.07, 6.45) is 0.239. The SMILES string of the molecule is C=CCN(C(=O)CCC(=O)OC(=O)OC)c1ccccc1. The Bertz CT molecular complexity index is 512. The Morgan fingerprint density at radius 3 is 2.43 bits per heavy atom. The normalized spacial score (nSPS) is 9.57. The Hall–Kier alpha value is -2.63. The van der Waals surface area contributed by atoms with Crippen molar-refractivity contribution >= 4 is 23.7 Å². The summed E-state index contributed by atoms with van der Waals surface area (Å²) in [6.45, 7) is 3.94. The van der Waals surface area contributed by atoms with Gasteiger partial charge in [-0.3, -0.25) is 9.59 Å². The molecule has 0 fully saturated rings. The molecule has 0 N–H and O–H groups in total. The number of benzene rings is 1. The van der Waals surface area contributed by atoms with Crippen molar-refractivity contribution in [2.45, 2.75) is 12.8 Å². The molecule has 1 rings (SSSR count). The highest BCUT2D eigenvalue weighted by Crippen LogP contribution is 2.15. The Balaban J connectivity index is 2.60. The van der Waals surface area contributed by atoms with E-state index in [1.807, 2.05) is 18.2 Å². The van der Waals surface area contributed by atoms with Crippen LogP contribution in [0.2, 0.25) is 0 Å². The summed E-state index contributed by atoms with van der Waals surface area (Å²) in [5, 5.41) is 0. The zero-order valence-electron chi connectivity index (χ0n) is 11.8. The number of esters is 1. The minimum absolute atomic E-state index is 0.0709. The fraction of sp³-hybridized carbons (Fsp3) is 0.267. The third-order valence-corrected chi connectivity index (χ3v) is 2.59. The number of nitrogens with zero attached hydrogens (tertiary/aromatic N) is 1. The monoisotopic (exact) mass is 291 g/mol. The lowest BCUT2D eigenvalue weighted by atomic mass is 10.2. The molecule has 0 aliphatic carbocycles. The largest absolute Gasteiger partial charge is 0.515 e. The highest BCUT2D eigenvalue weighted by Gasteiger charge is 2.17. The zero-order chi connectivity index (χ0) is 15.7. The number of hydrogen-bond donors (Lipinski definition) is 0. The topological polar surface area (TPSA) is 72.9 Å². The lowest BCUT2D eigenvalue weighted by molar-refractivity contribution is -0.140. The highest BCUT2D eigenvalue weighted by molar-refractivity contribution is 5.95. The van der Waals surface area contributed by atoms with Crippen LogP contribution in [0.1, 0.15) is 12.8 Å². The van der Waals surface area contributed by atoms with Gasteiger partial charge in [-0.05, 0) is 12.1 Å². The van der Waals surface area contributed by atoms with E-state index in [2.05, 4.69) is 16.1 Å². The standard InChI is InChI=1S/C15H17NO5/c1-3-11-16(12-7-5-4-6-8-12)13(17)9-10-14(18)21-15(19)20-2/h3-8H,1,9-11H2,2H3. The van der Waals surface area contributed by atoms with E-state index >= 15 is 0 Å². The Kier molecular flexibility index (Phi) is 6.67. The van der Waals surface area contributed by atoms with Gasteiger partial charge in [-0.15, -0.1) is 6.58 Å². The van der Waals surface area contributed by atoms with Gasteiger partial charge in [-0.2, -0.15) is 0 Å². The number of carbonyl (C=O) groups is 3. The highest BCUT2D eigenvalue weighted by atomic mass is 16.7. The first-order valence-corrected chi connectivity index (χ1v) is 6.33. The molecular weight excluding hydrogens is 274 g/mol. The molecule has 0 saturated heterocycles. The van der Waals surface area contributed by atoms with Gasteiger partial charge < -0.3 is 14.4 Å². The van der Waals surface area contributed by atoms with E-state index < -0.39 is 12.1 Å². The van der Waals surface area contributed by atoms with Crippen LogP contribution in [0, 0.1) is 0 Å². The smallest absolute Gasteiger partial charge is 0.437 e. The van der Waals surface area contributed by atoms with E-state index in [0.717, 1.165) is 7.11 Å². The second kappa shape index (κ2) is 8.52. The molecule has 21 heavy (non-hydrogen) atoms. The summed E-state index contributed by atoms with van der Waals surface area (Å²) in [5.74, 6) is -1.07. The lowest BCUT2D eigenvalue weighted by Gasteiger charge is -2.21. The zero-order valence-corrected chi connectivity index (χ0v) is 11.8. The van der Waals surface area contributed by atoms with Crippen molar-refractivity contribution in [2.75, 3.05) is 18.6 Å². The van der Waals surface area contributed by atoms with Gasteiger partial charge in [-0.25, -0.2) is 4.79 Å². The molecule has 1 aromatic carbocycles. The molecule has 1 amide bonds. The van der Waals surface area contributed by atoms with Crippen molar-refractivity contribution < 1.29 is 23.9 Å². The molecule has 0 aromatic heterocycles. The van der Waals surface area contributed by atoms with Gasteiger partial charge in [0.1, 0.15) is 0 Å². The number of anilines is 1. The van der Waals surface area contributed by atoms with Crippen LogP contribution in [0.25, 0.3) is 0 Å². The molecule has 0 unspecified atom stereocenters. The van der Waals surface area contributed by atoms with Gasteiger partial charge in [-0.1, -0.05) is 24.3 Å². The number of amides is 1. The number of ether oxygens (including phenoxy) is 2. The van der Waals surface area contributed by atoms with Crippen LogP contribution in [0.3, 0.4) is 0 Å². The maximum atomic E-state index is 12.1. The summed E-state index contributed by atoms with van der Waals surface area (Å²) in [6, 6.07) is 9.03. The van der Waals surface area contributed by atoms with E-state index in [0.29, 0.717) is 12.2 Å². The van der Waals surface area contributed by atoms with E-state index in [4.69, 9.17) is 0 Å². The Morgan fingerprint density at radius 1 is 1.19 bits per heavy atom. The first-order chi connectivity index (χ1) is 10.1. The lowest BCUT2D eigenvalue weighted by Crippen LogP contribution is -2.31. The molecule has 0 heterocycles. The summed E-state index contributed by atoms with van der Waals surface area (Å²) in [7, 11) is 1.10. The minimum Gasteiger partial charge on any atom is -0.437 e. The predicted octanol–water partition coefficient (Wildman–Crippen LogP) is 2.30. The average molecular weight is 291 g/mol. The van der Waals surface area contributed by atoms with Crippen LogP contribution in [-0.2, 0) is 19.1 Å². The third-order valence-electron chi connectivity index (χ3n) is 2.59. The van der Waals surface area contributed by atoms with Gasteiger partial charge in [0.25, 0.3) is 0 Å². The van der Waals surface area contributed by atoms with Crippen molar-refractivity contribution in [1.29, 1.82) is 0 Å². The van der Waals surface area contributed by atoms with Crippen molar-refractivity contribution in [1.82, 2.24) is 0 Å². The fourth-order valence-electron chi connectivity index (χ4n) is 1.62. The molecule has 0 saturated carbocycles. The summed E-state index contributed by atoms with van der Waals surface area (Å²) in [4.78, 5) is 35.7.